The van der Waals surface area contributed by atoms with Crippen molar-refractivity contribution in [2.24, 2.45) is 11.7 Å². The number of hydrogen-bond acceptors (Lipinski definition) is 5. The molecule has 0 spiro atoms. The fraction of sp³-hybridized carbons (Fsp3) is 0.462. The molecular weight excluding hydrogens is 262 g/mol. The van der Waals surface area contributed by atoms with Crippen molar-refractivity contribution in [2.45, 2.75) is 31.7 Å². The van der Waals surface area contributed by atoms with Crippen molar-refractivity contribution in [1.29, 1.82) is 0 Å². The second-order valence-corrected chi connectivity index (χ2v) is 5.06. The van der Waals surface area contributed by atoms with Gasteiger partial charge in [0.15, 0.2) is 0 Å². The third kappa shape index (κ3) is 3.24. The highest BCUT2D eigenvalue weighted by Crippen LogP contribution is 2.30. The van der Waals surface area contributed by atoms with Crippen LogP contribution in [-0.2, 0) is 4.79 Å². The predicted octanol–water partition coefficient (Wildman–Crippen LogP) is 1.76. The van der Waals surface area contributed by atoms with Crippen molar-refractivity contribution >= 4 is 17.3 Å². The Morgan fingerprint density at radius 1 is 1.35 bits per heavy atom. The number of benzene rings is 1. The van der Waals surface area contributed by atoms with E-state index >= 15 is 0 Å². The Labute approximate surface area is 115 Å². The van der Waals surface area contributed by atoms with E-state index in [2.05, 4.69) is 5.32 Å². The van der Waals surface area contributed by atoms with Crippen LogP contribution in [0.3, 0.4) is 0 Å². The number of phenols is 1. The fourth-order valence-electron chi connectivity index (χ4n) is 2.39. The molecule has 0 aliphatic heterocycles. The molecule has 0 heterocycles. The van der Waals surface area contributed by atoms with Crippen molar-refractivity contribution in [1.82, 2.24) is 0 Å². The monoisotopic (exact) mass is 279 g/mol. The third-order valence-corrected chi connectivity index (χ3v) is 3.58. The summed E-state index contributed by atoms with van der Waals surface area (Å²) in [5, 5.41) is 22.7. The molecule has 1 saturated carbocycles. The summed E-state index contributed by atoms with van der Waals surface area (Å²) in [5.74, 6) is -0.604. The van der Waals surface area contributed by atoms with Crippen LogP contribution in [0.5, 0.6) is 5.75 Å². The van der Waals surface area contributed by atoms with Gasteiger partial charge in [0.25, 0.3) is 5.69 Å². The van der Waals surface area contributed by atoms with Gasteiger partial charge in [-0.3, -0.25) is 14.9 Å². The molecule has 7 heteroatoms. The number of carbonyl (C=O) groups excluding carboxylic acids is 1. The summed E-state index contributed by atoms with van der Waals surface area (Å²) in [7, 11) is 0. The number of nitrogens with zero attached hydrogens (tertiary/aromatic N) is 1. The van der Waals surface area contributed by atoms with Crippen LogP contribution in [0.1, 0.15) is 25.7 Å². The molecule has 1 aromatic rings. The number of nitro groups is 1. The topological polar surface area (TPSA) is 118 Å². The number of carbonyl (C=O) groups is 1. The highest BCUT2D eigenvalue weighted by atomic mass is 16.6. The molecule has 7 nitrogen and oxygen atoms in total. The maximum atomic E-state index is 12.1. The molecule has 108 valence electrons. The summed E-state index contributed by atoms with van der Waals surface area (Å²) in [6.07, 6.45) is 2.96. The van der Waals surface area contributed by atoms with Crippen molar-refractivity contribution in [2.75, 3.05) is 5.32 Å². The van der Waals surface area contributed by atoms with Gasteiger partial charge in [-0.25, -0.2) is 0 Å². The van der Waals surface area contributed by atoms with Crippen LogP contribution in [0.2, 0.25) is 0 Å². The normalized spacial score (nSPS) is 22.2. The minimum absolute atomic E-state index is 0.104. The van der Waals surface area contributed by atoms with Crippen molar-refractivity contribution in [3.05, 3.63) is 28.3 Å². The molecule has 20 heavy (non-hydrogen) atoms. The van der Waals surface area contributed by atoms with Crippen LogP contribution in [0.4, 0.5) is 11.4 Å². The SMILES string of the molecule is NC1CCC(C(=O)Nc2ccc(O)cc2[N+](=O)[O-])CC1. The standard InChI is InChI=1S/C13H17N3O4/c14-9-3-1-8(2-4-9)13(18)15-11-6-5-10(17)7-12(11)16(19)20/h5-9,17H,1-4,14H2,(H,15,18). The molecule has 0 saturated heterocycles. The highest BCUT2D eigenvalue weighted by Gasteiger charge is 2.26. The number of phenolic OH excluding ortho intramolecular Hbond substituents is 1. The van der Waals surface area contributed by atoms with E-state index < -0.39 is 4.92 Å². The van der Waals surface area contributed by atoms with Gasteiger partial charge in [0, 0.05) is 12.0 Å². The largest absolute Gasteiger partial charge is 0.508 e. The average molecular weight is 279 g/mol. The minimum atomic E-state index is -0.633. The van der Waals surface area contributed by atoms with E-state index in [1.165, 1.54) is 12.1 Å². The third-order valence-electron chi connectivity index (χ3n) is 3.58. The molecular formula is C13H17N3O4. The van der Waals surface area contributed by atoms with Crippen LogP contribution in [0.15, 0.2) is 18.2 Å². The van der Waals surface area contributed by atoms with Gasteiger partial charge in [-0.15, -0.1) is 0 Å². The predicted molar refractivity (Wildman–Crippen MR) is 73.3 cm³/mol. The number of aromatic hydroxyl groups is 1. The van der Waals surface area contributed by atoms with E-state index in [0.29, 0.717) is 12.8 Å². The molecule has 0 atom stereocenters. The highest BCUT2D eigenvalue weighted by molar-refractivity contribution is 5.94. The second kappa shape index (κ2) is 5.87. The lowest BCUT2D eigenvalue weighted by Crippen LogP contribution is -2.32. The molecule has 1 aromatic carbocycles. The molecule has 1 amide bonds. The minimum Gasteiger partial charge on any atom is -0.508 e. The summed E-state index contributed by atoms with van der Waals surface area (Å²) < 4.78 is 0. The van der Waals surface area contributed by atoms with Gasteiger partial charge in [0.05, 0.1) is 11.0 Å². The smallest absolute Gasteiger partial charge is 0.296 e. The zero-order chi connectivity index (χ0) is 14.7. The molecule has 1 aliphatic carbocycles. The maximum Gasteiger partial charge on any atom is 0.296 e. The quantitative estimate of drug-likeness (QED) is 0.442. The first kappa shape index (κ1) is 14.3. The van der Waals surface area contributed by atoms with Crippen LogP contribution in [0, 0.1) is 16.0 Å². The van der Waals surface area contributed by atoms with Gasteiger partial charge in [0.1, 0.15) is 11.4 Å². The number of nitrogens with two attached hydrogens (primary N) is 1. The van der Waals surface area contributed by atoms with E-state index in [9.17, 15) is 20.0 Å². The van der Waals surface area contributed by atoms with Gasteiger partial charge < -0.3 is 16.2 Å². The lowest BCUT2D eigenvalue weighted by atomic mass is 9.86. The number of anilines is 1. The maximum absolute atomic E-state index is 12.1. The number of hydrogen-bond donors (Lipinski definition) is 3. The van der Waals surface area contributed by atoms with Crippen LogP contribution in [0.25, 0.3) is 0 Å². The Bertz CT molecular complexity index is 524. The number of rotatable bonds is 3. The summed E-state index contributed by atoms with van der Waals surface area (Å²) in [6, 6.07) is 3.80. The van der Waals surface area contributed by atoms with Crippen molar-refractivity contribution in [3.8, 4) is 5.75 Å². The van der Waals surface area contributed by atoms with Gasteiger partial charge in [-0.05, 0) is 37.8 Å². The number of nitro benzene ring substituents is 1. The molecule has 0 unspecified atom stereocenters. The van der Waals surface area contributed by atoms with Crippen molar-refractivity contribution < 1.29 is 14.8 Å². The van der Waals surface area contributed by atoms with Crippen LogP contribution < -0.4 is 11.1 Å². The summed E-state index contributed by atoms with van der Waals surface area (Å²) in [4.78, 5) is 22.4. The Morgan fingerprint density at radius 2 is 2.00 bits per heavy atom. The zero-order valence-corrected chi connectivity index (χ0v) is 10.9. The zero-order valence-electron chi connectivity index (χ0n) is 10.9. The molecule has 2 rings (SSSR count). The van der Waals surface area contributed by atoms with Gasteiger partial charge in [0.2, 0.25) is 5.91 Å². The van der Waals surface area contributed by atoms with Gasteiger partial charge in [-0.2, -0.15) is 0 Å². The number of amides is 1. The molecule has 0 radical (unpaired) electrons. The summed E-state index contributed by atoms with van der Waals surface area (Å²) in [5.41, 5.74) is 5.57. The van der Waals surface area contributed by atoms with E-state index in [-0.39, 0.29) is 35.0 Å². The second-order valence-electron chi connectivity index (χ2n) is 5.06. The summed E-state index contributed by atoms with van der Waals surface area (Å²) in [6.45, 7) is 0. The van der Waals surface area contributed by atoms with Crippen LogP contribution in [-0.4, -0.2) is 22.0 Å². The average Bonchev–Trinajstić information content (AvgIpc) is 2.41. The van der Waals surface area contributed by atoms with Gasteiger partial charge >= 0.3 is 0 Å². The van der Waals surface area contributed by atoms with E-state index in [1.54, 1.807) is 0 Å². The first-order chi connectivity index (χ1) is 9.47. The molecule has 0 aromatic heterocycles. The fourth-order valence-corrected chi connectivity index (χ4v) is 2.39. The van der Waals surface area contributed by atoms with E-state index in [1.807, 2.05) is 0 Å². The molecule has 1 fully saturated rings. The lowest BCUT2D eigenvalue weighted by Gasteiger charge is -2.25. The Balaban J connectivity index is 2.10. The lowest BCUT2D eigenvalue weighted by molar-refractivity contribution is -0.384. The first-order valence-corrected chi connectivity index (χ1v) is 6.51. The molecule has 1 aliphatic rings. The summed E-state index contributed by atoms with van der Waals surface area (Å²) >= 11 is 0. The Morgan fingerprint density at radius 3 is 2.60 bits per heavy atom. The van der Waals surface area contributed by atoms with Gasteiger partial charge in [-0.1, -0.05) is 0 Å². The first-order valence-electron chi connectivity index (χ1n) is 6.51. The molecule has 0 bridgehead atoms. The van der Waals surface area contributed by atoms with Crippen LogP contribution >= 0.6 is 0 Å². The van der Waals surface area contributed by atoms with Crippen molar-refractivity contribution in [3.63, 3.8) is 0 Å². The Hall–Kier alpha value is -2.15. The number of nitrogens with one attached hydrogen (secondary N) is 1. The molecule has 4 N–H and O–H groups in total. The van der Waals surface area contributed by atoms with E-state index in [0.717, 1.165) is 18.9 Å². The van der Waals surface area contributed by atoms with E-state index in [4.69, 9.17) is 5.73 Å². The Kier molecular flexibility index (Phi) is 4.19.